The van der Waals surface area contributed by atoms with Crippen molar-refractivity contribution < 1.29 is 27.7 Å². The Morgan fingerprint density at radius 2 is 1.97 bits per heavy atom. The highest BCUT2D eigenvalue weighted by atomic mass is 127. The first-order valence-electron chi connectivity index (χ1n) is 9.44. The Morgan fingerprint density at radius 1 is 1.24 bits per heavy atom. The number of hydrogen-bond donors (Lipinski definition) is 2. The molecule has 10 heteroatoms. The van der Waals surface area contributed by atoms with Gasteiger partial charge in [0.15, 0.2) is 17.5 Å². The highest BCUT2D eigenvalue weighted by Gasteiger charge is 2.41. The molecule has 0 atom stereocenters. The minimum atomic E-state index is -2.93. The van der Waals surface area contributed by atoms with E-state index < -0.39 is 6.61 Å². The molecule has 0 amide bonds. The molecule has 29 heavy (non-hydrogen) atoms. The maximum atomic E-state index is 12.8. The van der Waals surface area contributed by atoms with Gasteiger partial charge in [-0.3, -0.25) is 0 Å². The molecule has 1 heterocycles. The van der Waals surface area contributed by atoms with Crippen molar-refractivity contribution in [2.24, 2.45) is 10.4 Å². The van der Waals surface area contributed by atoms with E-state index in [-0.39, 0.29) is 48.5 Å². The summed E-state index contributed by atoms with van der Waals surface area (Å²) in [6.07, 6.45) is 3.33. The lowest BCUT2D eigenvalue weighted by Crippen LogP contribution is -2.40. The second-order valence-corrected chi connectivity index (χ2v) is 6.98. The summed E-state index contributed by atoms with van der Waals surface area (Å²) in [4.78, 5) is 4.53. The lowest BCUT2D eigenvalue weighted by Gasteiger charge is -2.18. The standard InChI is InChI=1S/C19H27F2N3O4.HI/c1-3-22-18(24-11-19(4-5-19)6-7-25-2)23-10-13-8-15-16(27-12-26-15)9-14(13)28-17(20)21;/h8-9,17H,3-7,10-12H2,1-2H3,(H2,22,23,24);1H. The number of ether oxygens (including phenoxy) is 4. The average molecular weight is 527 g/mol. The monoisotopic (exact) mass is 527 g/mol. The van der Waals surface area contributed by atoms with Crippen molar-refractivity contribution in [1.29, 1.82) is 0 Å². The molecule has 0 aromatic heterocycles. The van der Waals surface area contributed by atoms with E-state index in [1.165, 1.54) is 6.07 Å². The van der Waals surface area contributed by atoms with E-state index in [0.29, 0.717) is 29.6 Å². The van der Waals surface area contributed by atoms with Crippen LogP contribution in [-0.2, 0) is 11.3 Å². The van der Waals surface area contributed by atoms with E-state index in [1.54, 1.807) is 13.2 Å². The van der Waals surface area contributed by atoms with Gasteiger partial charge in [-0.15, -0.1) is 24.0 Å². The van der Waals surface area contributed by atoms with Crippen LogP contribution in [0, 0.1) is 5.41 Å². The minimum absolute atomic E-state index is 0. The molecule has 1 saturated carbocycles. The molecule has 164 valence electrons. The molecule has 2 N–H and O–H groups in total. The number of alkyl halides is 2. The smallest absolute Gasteiger partial charge is 0.387 e. The van der Waals surface area contributed by atoms with Crippen LogP contribution in [-0.4, -0.2) is 46.2 Å². The van der Waals surface area contributed by atoms with E-state index in [9.17, 15) is 8.78 Å². The highest BCUT2D eigenvalue weighted by molar-refractivity contribution is 14.0. The van der Waals surface area contributed by atoms with Gasteiger partial charge in [-0.05, 0) is 37.7 Å². The van der Waals surface area contributed by atoms with Gasteiger partial charge in [0.25, 0.3) is 0 Å². The van der Waals surface area contributed by atoms with Crippen LogP contribution < -0.4 is 24.8 Å². The Kier molecular flexibility index (Phi) is 9.00. The number of methoxy groups -OCH3 is 1. The number of guanidine groups is 1. The number of rotatable bonds is 10. The van der Waals surface area contributed by atoms with Gasteiger partial charge >= 0.3 is 6.61 Å². The van der Waals surface area contributed by atoms with E-state index >= 15 is 0 Å². The second-order valence-electron chi connectivity index (χ2n) is 6.98. The van der Waals surface area contributed by atoms with Crippen molar-refractivity contribution in [3.05, 3.63) is 17.7 Å². The van der Waals surface area contributed by atoms with Crippen molar-refractivity contribution >= 4 is 29.9 Å². The highest BCUT2D eigenvalue weighted by Crippen LogP contribution is 2.48. The molecule has 3 rings (SSSR count). The van der Waals surface area contributed by atoms with Gasteiger partial charge in [-0.2, -0.15) is 8.78 Å². The number of fused-ring (bicyclic) bond motifs is 1. The van der Waals surface area contributed by atoms with Crippen LogP contribution in [0.15, 0.2) is 17.1 Å². The Bertz CT molecular complexity index is 702. The zero-order valence-electron chi connectivity index (χ0n) is 16.6. The van der Waals surface area contributed by atoms with Crippen molar-refractivity contribution in [2.45, 2.75) is 39.3 Å². The number of hydrogen-bond acceptors (Lipinski definition) is 5. The van der Waals surface area contributed by atoms with Crippen molar-refractivity contribution in [3.8, 4) is 17.2 Å². The molecule has 7 nitrogen and oxygen atoms in total. The first-order chi connectivity index (χ1) is 13.5. The van der Waals surface area contributed by atoms with Crippen LogP contribution in [0.4, 0.5) is 8.78 Å². The van der Waals surface area contributed by atoms with Gasteiger partial charge in [0.05, 0.1) is 6.54 Å². The normalized spacial score (nSPS) is 16.4. The van der Waals surface area contributed by atoms with Gasteiger partial charge < -0.3 is 29.6 Å². The summed E-state index contributed by atoms with van der Waals surface area (Å²) in [5.41, 5.74) is 0.761. The molecule has 0 unspecified atom stereocenters. The molecule has 1 aliphatic carbocycles. The van der Waals surface area contributed by atoms with Crippen molar-refractivity contribution in [1.82, 2.24) is 10.6 Å². The van der Waals surface area contributed by atoms with E-state index in [4.69, 9.17) is 14.2 Å². The summed E-state index contributed by atoms with van der Waals surface area (Å²) in [6, 6.07) is 3.05. The molecular weight excluding hydrogens is 499 g/mol. The number of nitrogens with one attached hydrogen (secondary N) is 2. The largest absolute Gasteiger partial charge is 0.454 e. The number of nitrogens with zero attached hydrogens (tertiary/aromatic N) is 1. The minimum Gasteiger partial charge on any atom is -0.454 e. The number of benzene rings is 1. The molecule has 1 aromatic rings. The molecular formula is C19H28F2IN3O4. The molecule has 1 aliphatic heterocycles. The van der Waals surface area contributed by atoms with Gasteiger partial charge in [-0.25, -0.2) is 4.99 Å². The second kappa shape index (κ2) is 11.0. The fourth-order valence-electron chi connectivity index (χ4n) is 3.08. The zero-order valence-corrected chi connectivity index (χ0v) is 19.0. The van der Waals surface area contributed by atoms with Crippen molar-refractivity contribution in [2.75, 3.05) is 33.6 Å². The first-order valence-corrected chi connectivity index (χ1v) is 9.44. The summed E-state index contributed by atoms with van der Waals surface area (Å²) in [6.45, 7) is 1.50. The zero-order chi connectivity index (χ0) is 20.0. The lowest BCUT2D eigenvalue weighted by molar-refractivity contribution is -0.0505. The van der Waals surface area contributed by atoms with Crippen LogP contribution in [0.25, 0.3) is 0 Å². The molecule has 0 bridgehead atoms. The van der Waals surface area contributed by atoms with Crippen molar-refractivity contribution in [3.63, 3.8) is 0 Å². The Hall–Kier alpha value is -1.56. The third kappa shape index (κ3) is 6.73. The van der Waals surface area contributed by atoms with E-state index in [2.05, 4.69) is 20.4 Å². The molecule has 0 saturated heterocycles. The van der Waals surface area contributed by atoms with Gasteiger partial charge in [0.2, 0.25) is 6.79 Å². The third-order valence-electron chi connectivity index (χ3n) is 4.95. The van der Waals surface area contributed by atoms with Gasteiger partial charge in [0, 0.05) is 38.4 Å². The average Bonchev–Trinajstić information content (AvgIpc) is 3.30. The van der Waals surface area contributed by atoms with Crippen LogP contribution in [0.3, 0.4) is 0 Å². The fraction of sp³-hybridized carbons (Fsp3) is 0.632. The molecule has 1 aromatic carbocycles. The summed E-state index contributed by atoms with van der Waals surface area (Å²) in [5, 5.41) is 6.54. The molecule has 1 fully saturated rings. The third-order valence-corrected chi connectivity index (χ3v) is 4.95. The Balaban J connectivity index is 0.00000300. The maximum absolute atomic E-state index is 12.8. The molecule has 2 aliphatic rings. The summed E-state index contributed by atoms with van der Waals surface area (Å²) >= 11 is 0. The predicted molar refractivity (Wildman–Crippen MR) is 116 cm³/mol. The van der Waals surface area contributed by atoms with E-state index in [0.717, 1.165) is 32.4 Å². The molecule has 0 spiro atoms. The summed E-state index contributed by atoms with van der Waals surface area (Å²) in [5.74, 6) is 1.56. The Labute approximate surface area is 186 Å². The van der Waals surface area contributed by atoms with Crippen LogP contribution in [0.5, 0.6) is 17.2 Å². The summed E-state index contributed by atoms with van der Waals surface area (Å²) < 4.78 is 45.9. The van der Waals surface area contributed by atoms with Crippen LogP contribution in [0.2, 0.25) is 0 Å². The fourth-order valence-corrected chi connectivity index (χ4v) is 3.08. The van der Waals surface area contributed by atoms with Gasteiger partial charge in [0.1, 0.15) is 5.75 Å². The SMILES string of the molecule is CCNC(=NCc1cc2c(cc1OC(F)F)OCO2)NCC1(CCOC)CC1.I. The van der Waals surface area contributed by atoms with Crippen LogP contribution >= 0.6 is 24.0 Å². The quantitative estimate of drug-likeness (QED) is 0.276. The number of halogens is 3. The van der Waals surface area contributed by atoms with Gasteiger partial charge in [-0.1, -0.05) is 0 Å². The molecule has 0 radical (unpaired) electrons. The first kappa shape index (κ1) is 23.7. The topological polar surface area (TPSA) is 73.3 Å². The maximum Gasteiger partial charge on any atom is 0.387 e. The summed E-state index contributed by atoms with van der Waals surface area (Å²) in [7, 11) is 1.71. The predicted octanol–water partition coefficient (Wildman–Crippen LogP) is 3.51. The Morgan fingerprint density at radius 3 is 2.59 bits per heavy atom. The van der Waals surface area contributed by atoms with Crippen LogP contribution in [0.1, 0.15) is 31.7 Å². The van der Waals surface area contributed by atoms with E-state index in [1.807, 2.05) is 6.92 Å². The lowest BCUT2D eigenvalue weighted by atomic mass is 10.0. The number of aliphatic imine (C=N–C) groups is 1.